The molecule has 0 amide bonds. The molecule has 2 N–H and O–H groups in total. The normalized spacial score (nSPS) is 16.2. The number of hydrogen-bond acceptors (Lipinski definition) is 12. The molecule has 1 aromatic heterocycles. The number of aromatic nitrogens is 1. The molecule has 7 rings (SSSR count). The van der Waals surface area contributed by atoms with Crippen molar-refractivity contribution in [1.82, 2.24) is 4.98 Å². The number of fused-ring (bicyclic) bond motifs is 5. The number of ether oxygens (including phenoxy) is 2. The summed E-state index contributed by atoms with van der Waals surface area (Å²) in [7, 11) is 2.71. The first-order valence-electron chi connectivity index (χ1n) is 21.2. The number of nitrogens with one attached hydrogen (secondary N) is 1. The minimum absolute atomic E-state index is 0.0850. The van der Waals surface area contributed by atoms with E-state index in [1.165, 1.54) is 26.4 Å². The summed E-state index contributed by atoms with van der Waals surface area (Å²) in [6.07, 6.45) is 8.88. The summed E-state index contributed by atoms with van der Waals surface area (Å²) in [6, 6.07) is 13.6. The van der Waals surface area contributed by atoms with Crippen molar-refractivity contribution in [3.8, 4) is 0 Å². The summed E-state index contributed by atoms with van der Waals surface area (Å²) in [5.74, 6) is -0.716. The molecule has 2 aromatic carbocycles. The van der Waals surface area contributed by atoms with Crippen LogP contribution in [0.25, 0.3) is 12.2 Å². The fourth-order valence-corrected chi connectivity index (χ4v) is 12.5. The van der Waals surface area contributed by atoms with Crippen LogP contribution in [0.4, 0.5) is 11.4 Å². The van der Waals surface area contributed by atoms with Crippen molar-refractivity contribution >= 4 is 91.4 Å². The van der Waals surface area contributed by atoms with E-state index < -0.39 is 0 Å². The van der Waals surface area contributed by atoms with Gasteiger partial charge in [-0.3, -0.25) is 4.79 Å². The van der Waals surface area contributed by atoms with Gasteiger partial charge in [-0.15, -0.1) is 0 Å². The Bertz CT molecular complexity index is 2890. The Balaban J connectivity index is 1.39. The predicted molar refractivity (Wildman–Crippen MR) is 258 cm³/mol. The standard InChI is InChI=1S/C49H48N6O9Se2/c1-27-31(15-17-46(57)63-5)39-25-40-32(16-18-47(58)64-6)28(2)37(51-40)24-41-33(19-21-65-44-13-9-7-11-42(44)54(59)60)30(4)48(53-41)35(26-56)49-34(29(3)38(52-49)23-36(27)50-39)20-22-66-45-14-10-8-12-43(45)55(61)62/h7-14,23-26,51,56H,15-22H2,1-6H3/b35-26+,38-23?,39-25?,41-24?. The Morgan fingerprint density at radius 2 is 1.20 bits per heavy atom. The van der Waals surface area contributed by atoms with Gasteiger partial charge in [0, 0.05) is 0 Å². The molecule has 3 aromatic rings. The van der Waals surface area contributed by atoms with Crippen LogP contribution in [0.5, 0.6) is 0 Å². The maximum atomic E-state index is 12.5. The zero-order valence-electron chi connectivity index (χ0n) is 37.4. The molecular weight excluding hydrogens is 974 g/mol. The Morgan fingerprint density at radius 3 is 1.79 bits per heavy atom. The number of aliphatic hydroxyl groups excluding tert-OH is 1. The van der Waals surface area contributed by atoms with Gasteiger partial charge >= 0.3 is 372 Å². The summed E-state index contributed by atoms with van der Waals surface area (Å²) >= 11 is -0.522. The molecular formula is C49H48N6O9Se2. The molecule has 340 valence electrons. The predicted octanol–water partition coefficient (Wildman–Crippen LogP) is 8.21. The maximum absolute atomic E-state index is 12.5. The molecule has 0 unspecified atom stereocenters. The number of methoxy groups -OCH3 is 2. The van der Waals surface area contributed by atoms with Crippen LogP contribution in [0, 0.1) is 27.2 Å². The quantitative estimate of drug-likeness (QED) is 0.0465. The van der Waals surface area contributed by atoms with E-state index in [9.17, 15) is 34.9 Å². The Morgan fingerprint density at radius 1 is 0.667 bits per heavy atom. The van der Waals surface area contributed by atoms with Gasteiger partial charge in [0.15, 0.2) is 0 Å². The van der Waals surface area contributed by atoms with Gasteiger partial charge < -0.3 is 4.74 Å². The first-order chi connectivity index (χ1) is 31.7. The molecule has 0 spiro atoms. The monoisotopic (exact) mass is 1020 g/mol. The number of aliphatic hydroxyl groups is 1. The Labute approximate surface area is 394 Å². The third-order valence-corrected chi connectivity index (χ3v) is 16.4. The SMILES string of the molecule is COC(=O)CCC1=C(C)C2=NC1=Cc1[nH]c(c(C)c1CCC(=O)OC)C=C1N=C(C(C)=C1CC[Se]c1ccccc1[N+](=O)[O-])/C(=C\O)C1=NC(=C2)C(C)=C1CC[Se]c1ccccc1[N+](=O)[O-]. The van der Waals surface area contributed by atoms with Crippen LogP contribution in [0.2, 0.25) is 10.6 Å². The van der Waals surface area contributed by atoms with E-state index >= 15 is 0 Å². The number of nitrogens with zero attached hydrogens (tertiary/aromatic N) is 5. The number of carbonyl (C=O) groups excluding carboxylic acids is 2. The first kappa shape index (κ1) is 47.5. The third-order valence-electron chi connectivity index (χ3n) is 12.0. The average molecular weight is 1020 g/mol. The topological polar surface area (TPSA) is 212 Å². The van der Waals surface area contributed by atoms with Crippen LogP contribution in [-0.2, 0) is 25.5 Å². The number of benzene rings is 2. The van der Waals surface area contributed by atoms with E-state index in [0.717, 1.165) is 62.2 Å². The molecule has 5 heterocycles. The number of aliphatic imine (C=N–C) groups is 3. The molecule has 66 heavy (non-hydrogen) atoms. The molecule has 0 fully saturated rings. The first-order valence-corrected chi connectivity index (χ1v) is 25.3. The van der Waals surface area contributed by atoms with Crippen molar-refractivity contribution in [2.75, 3.05) is 14.2 Å². The summed E-state index contributed by atoms with van der Waals surface area (Å²) in [4.78, 5) is 67.3. The van der Waals surface area contributed by atoms with E-state index in [2.05, 4.69) is 4.98 Å². The Hall–Kier alpha value is -6.51. The second kappa shape index (κ2) is 20.8. The summed E-state index contributed by atoms with van der Waals surface area (Å²) in [5, 5.41) is 36.3. The van der Waals surface area contributed by atoms with Crippen LogP contribution < -0.4 is 8.92 Å². The van der Waals surface area contributed by atoms with E-state index in [0.29, 0.717) is 85.0 Å². The van der Waals surface area contributed by atoms with Gasteiger partial charge in [-0.1, -0.05) is 0 Å². The zero-order chi connectivity index (χ0) is 47.2. The molecule has 4 aliphatic rings. The number of hydrogen-bond donors (Lipinski definition) is 2. The fraction of sp³-hybridized carbons (Fsp3) is 0.286. The minimum atomic E-state index is -0.360. The van der Waals surface area contributed by atoms with Gasteiger partial charge in [0.05, 0.1) is 14.2 Å². The van der Waals surface area contributed by atoms with Crippen molar-refractivity contribution in [2.45, 2.75) is 76.9 Å². The fourth-order valence-electron chi connectivity index (χ4n) is 8.33. The third kappa shape index (κ3) is 9.99. The van der Waals surface area contributed by atoms with Gasteiger partial charge in [0.1, 0.15) is 0 Å². The molecule has 4 aliphatic heterocycles. The summed E-state index contributed by atoms with van der Waals surface area (Å²) in [6.45, 7) is 7.87. The Kier molecular flexibility index (Phi) is 14.9. The van der Waals surface area contributed by atoms with E-state index in [-0.39, 0.29) is 75.9 Å². The number of esters is 2. The van der Waals surface area contributed by atoms with Crippen molar-refractivity contribution < 1.29 is 34.0 Å². The molecule has 0 saturated heterocycles. The van der Waals surface area contributed by atoms with Crippen LogP contribution >= 0.6 is 0 Å². The van der Waals surface area contributed by atoms with Gasteiger partial charge in [-0.25, -0.2) is 0 Å². The van der Waals surface area contributed by atoms with Gasteiger partial charge in [-0.2, -0.15) is 0 Å². The molecule has 15 nitrogen and oxygen atoms in total. The van der Waals surface area contributed by atoms with Crippen LogP contribution in [-0.4, -0.2) is 93.1 Å². The molecule has 8 bridgehead atoms. The van der Waals surface area contributed by atoms with Crippen molar-refractivity contribution in [3.05, 3.63) is 160 Å². The second-order valence-electron chi connectivity index (χ2n) is 15.7. The molecule has 17 heteroatoms. The van der Waals surface area contributed by atoms with Gasteiger partial charge in [0.25, 0.3) is 0 Å². The van der Waals surface area contributed by atoms with Gasteiger partial charge in [-0.05, 0) is 0 Å². The average Bonchev–Trinajstić information content (AvgIpc) is 3.98. The van der Waals surface area contributed by atoms with E-state index in [1.54, 1.807) is 30.3 Å². The number of allylic oxidation sites excluding steroid dienone is 8. The van der Waals surface area contributed by atoms with E-state index in [4.69, 9.17) is 24.5 Å². The molecule has 0 radical (unpaired) electrons. The van der Waals surface area contributed by atoms with Crippen molar-refractivity contribution in [3.63, 3.8) is 0 Å². The number of nitro benzene ring substituents is 2. The number of aromatic amines is 1. The summed E-state index contributed by atoms with van der Waals surface area (Å²) in [5.41, 5.74) is 12.6. The van der Waals surface area contributed by atoms with Crippen LogP contribution in [0.1, 0.15) is 75.4 Å². The summed E-state index contributed by atoms with van der Waals surface area (Å²) < 4.78 is 11.4. The number of carbonyl (C=O) groups is 2. The van der Waals surface area contributed by atoms with Crippen LogP contribution in [0.15, 0.2) is 132 Å². The zero-order valence-corrected chi connectivity index (χ0v) is 40.8. The molecule has 0 saturated carbocycles. The van der Waals surface area contributed by atoms with Crippen LogP contribution in [0.3, 0.4) is 0 Å². The van der Waals surface area contributed by atoms with Gasteiger partial charge in [0.2, 0.25) is 0 Å². The molecule has 0 aliphatic carbocycles. The second-order valence-corrected chi connectivity index (χ2v) is 20.5. The number of H-pyrrole nitrogens is 1. The number of rotatable bonds is 16. The number of para-hydroxylation sites is 2. The molecule has 0 atom stereocenters. The van der Waals surface area contributed by atoms with Crippen molar-refractivity contribution in [2.24, 2.45) is 15.0 Å². The number of nitro groups is 2. The van der Waals surface area contributed by atoms with E-state index in [1.807, 2.05) is 52.0 Å². The van der Waals surface area contributed by atoms with Crippen molar-refractivity contribution in [1.29, 1.82) is 0 Å².